The summed E-state index contributed by atoms with van der Waals surface area (Å²) in [6, 6.07) is 5.05. The molecule has 1 radical (unpaired) electrons. The molecule has 3 N–H and O–H groups in total. The Morgan fingerprint density at radius 2 is 2.30 bits per heavy atom. The van der Waals surface area contributed by atoms with Crippen LogP contribution in [-0.4, -0.2) is 62.2 Å². The molecule has 0 bridgehead atoms. The van der Waals surface area contributed by atoms with Crippen LogP contribution in [0.4, 0.5) is 5.69 Å². The molecule has 0 spiro atoms. The molecule has 0 aliphatic carbocycles. The van der Waals surface area contributed by atoms with Crippen molar-refractivity contribution in [3.8, 4) is 6.07 Å². The van der Waals surface area contributed by atoms with Crippen LogP contribution in [-0.2, 0) is 14.9 Å². The number of carbonyl (C=O) groups is 1. The Bertz CT molecular complexity index is 634. The van der Waals surface area contributed by atoms with E-state index in [0.717, 1.165) is 0 Å². The van der Waals surface area contributed by atoms with Gasteiger partial charge in [-0.1, -0.05) is 13.0 Å². The van der Waals surface area contributed by atoms with Crippen molar-refractivity contribution < 1.29 is 24.7 Å². The van der Waals surface area contributed by atoms with Crippen LogP contribution >= 0.6 is 0 Å². The number of rotatable bonds is 7. The topological polar surface area (TPSA) is 114 Å². The third-order valence-corrected chi connectivity index (χ3v) is 3.90. The number of aliphatic hydroxyl groups excluding tert-OH is 1. The third kappa shape index (κ3) is 3.41. The van der Waals surface area contributed by atoms with Gasteiger partial charge in [-0.15, -0.1) is 0 Å². The molecule has 1 atom stereocenters. The SMILES string of the molecule is CC1(COCCO)CN([B]C=O)c2c(C#N)cc(B(O)O)cc21. The molecular weight excluding hydrogens is 298 g/mol. The summed E-state index contributed by atoms with van der Waals surface area (Å²) in [6.45, 7) is 2.64. The van der Waals surface area contributed by atoms with Crippen molar-refractivity contribution in [3.05, 3.63) is 23.3 Å². The van der Waals surface area contributed by atoms with E-state index in [0.29, 0.717) is 24.0 Å². The number of aliphatic hydroxyl groups is 1. The minimum Gasteiger partial charge on any atom is -0.423 e. The van der Waals surface area contributed by atoms with Crippen LogP contribution in [0.2, 0.25) is 0 Å². The fraction of sp³-hybridized carbons (Fsp3) is 0.429. The first kappa shape index (κ1) is 17.5. The number of benzene rings is 1. The number of hydrogen-bond acceptors (Lipinski definition) is 7. The Morgan fingerprint density at radius 3 is 2.87 bits per heavy atom. The van der Waals surface area contributed by atoms with Gasteiger partial charge < -0.3 is 29.5 Å². The highest BCUT2D eigenvalue weighted by Crippen LogP contribution is 2.42. The molecule has 1 aromatic carbocycles. The Kier molecular flexibility index (Phi) is 5.44. The van der Waals surface area contributed by atoms with Crippen molar-refractivity contribution in [3.63, 3.8) is 0 Å². The van der Waals surface area contributed by atoms with Crippen molar-refractivity contribution in [2.24, 2.45) is 0 Å². The predicted molar refractivity (Wildman–Crippen MR) is 86.1 cm³/mol. The fourth-order valence-electron chi connectivity index (χ4n) is 2.89. The standard InChI is InChI=1S/C14H17B2N2O5/c1-14(8-23-3-2-19)7-18(15-9-20)13-10(6-17)4-11(16(21)22)5-12(13)14/h4-5,9,19,21-22H,2-3,7-8H2,1H3. The van der Waals surface area contributed by atoms with E-state index in [4.69, 9.17) is 9.84 Å². The maximum atomic E-state index is 10.9. The summed E-state index contributed by atoms with van der Waals surface area (Å²) < 4.78 is 5.44. The molecule has 1 aromatic rings. The normalized spacial score (nSPS) is 19.2. The van der Waals surface area contributed by atoms with Gasteiger partial charge in [0.25, 0.3) is 0 Å². The summed E-state index contributed by atoms with van der Waals surface area (Å²) in [5.74, 6) is 0. The Balaban J connectivity index is 2.52. The lowest BCUT2D eigenvalue weighted by Gasteiger charge is -2.25. The van der Waals surface area contributed by atoms with Gasteiger partial charge >= 0.3 is 14.5 Å². The molecule has 1 heterocycles. The minimum atomic E-state index is -1.70. The highest BCUT2D eigenvalue weighted by atomic mass is 16.5. The number of nitrogens with zero attached hydrogens (tertiary/aromatic N) is 2. The number of hydrogen-bond donors (Lipinski definition) is 3. The molecule has 119 valence electrons. The molecule has 0 amide bonds. The second-order valence-electron chi connectivity index (χ2n) is 5.70. The number of fused-ring (bicyclic) bond motifs is 1. The highest BCUT2D eigenvalue weighted by molar-refractivity contribution is 6.70. The number of ether oxygens (including phenoxy) is 1. The average molecular weight is 315 g/mol. The van der Waals surface area contributed by atoms with E-state index >= 15 is 0 Å². The van der Waals surface area contributed by atoms with Gasteiger partial charge in [0, 0.05) is 17.6 Å². The molecule has 9 heteroatoms. The Morgan fingerprint density at radius 1 is 1.57 bits per heavy atom. The number of nitriles is 1. The van der Waals surface area contributed by atoms with Gasteiger partial charge in [0.15, 0.2) is 0 Å². The van der Waals surface area contributed by atoms with E-state index < -0.39 is 12.5 Å². The lowest BCUT2D eigenvalue weighted by molar-refractivity contribution is 0.0639. The van der Waals surface area contributed by atoms with E-state index in [2.05, 4.69) is 0 Å². The van der Waals surface area contributed by atoms with Crippen LogP contribution < -0.4 is 10.3 Å². The summed E-state index contributed by atoms with van der Waals surface area (Å²) in [7, 11) is -0.356. The summed E-state index contributed by atoms with van der Waals surface area (Å²) in [5.41, 5.74) is 1.19. The largest absolute Gasteiger partial charge is 0.488 e. The quantitative estimate of drug-likeness (QED) is 0.307. The van der Waals surface area contributed by atoms with Crippen molar-refractivity contribution in [2.75, 3.05) is 31.2 Å². The predicted octanol–water partition coefficient (Wildman–Crippen LogP) is -1.87. The molecular formula is C14H17B2N2O5. The zero-order valence-electron chi connectivity index (χ0n) is 12.8. The lowest BCUT2D eigenvalue weighted by atomic mass is 9.75. The Labute approximate surface area is 135 Å². The first-order valence-corrected chi connectivity index (χ1v) is 7.15. The smallest absolute Gasteiger partial charge is 0.423 e. The molecule has 0 saturated carbocycles. The zero-order valence-corrected chi connectivity index (χ0v) is 12.8. The molecule has 23 heavy (non-hydrogen) atoms. The summed E-state index contributed by atoms with van der Waals surface area (Å²) in [6.07, 6.45) is 0.639. The van der Waals surface area contributed by atoms with Crippen molar-refractivity contribution in [1.29, 1.82) is 5.26 Å². The van der Waals surface area contributed by atoms with Crippen LogP contribution in [0.15, 0.2) is 12.1 Å². The van der Waals surface area contributed by atoms with Gasteiger partial charge in [-0.2, -0.15) is 5.26 Å². The molecule has 7 nitrogen and oxygen atoms in total. The zero-order chi connectivity index (χ0) is 17.0. The first-order chi connectivity index (χ1) is 11.0. The third-order valence-electron chi connectivity index (χ3n) is 3.90. The van der Waals surface area contributed by atoms with E-state index in [1.807, 2.05) is 13.0 Å². The molecule has 0 fully saturated rings. The summed E-state index contributed by atoms with van der Waals surface area (Å²) >= 11 is 0. The maximum absolute atomic E-state index is 10.9. The maximum Gasteiger partial charge on any atom is 0.488 e. The molecule has 1 aliphatic heterocycles. The molecule has 0 aromatic heterocycles. The van der Waals surface area contributed by atoms with Gasteiger partial charge in [0.1, 0.15) is 12.3 Å². The van der Waals surface area contributed by atoms with Crippen molar-refractivity contribution >= 4 is 31.9 Å². The molecule has 2 rings (SSSR count). The van der Waals surface area contributed by atoms with Gasteiger partial charge in [0.2, 0.25) is 0 Å². The van der Waals surface area contributed by atoms with E-state index in [1.165, 1.54) is 13.5 Å². The van der Waals surface area contributed by atoms with E-state index in [9.17, 15) is 20.1 Å². The van der Waals surface area contributed by atoms with Crippen LogP contribution in [0.3, 0.4) is 0 Å². The van der Waals surface area contributed by atoms with Crippen LogP contribution in [0.25, 0.3) is 0 Å². The highest BCUT2D eigenvalue weighted by Gasteiger charge is 2.41. The monoisotopic (exact) mass is 315 g/mol. The fourth-order valence-corrected chi connectivity index (χ4v) is 2.89. The number of carbonyl (C=O) groups excluding carboxylic acids is 1. The van der Waals surface area contributed by atoms with Crippen molar-refractivity contribution in [1.82, 2.24) is 0 Å². The van der Waals surface area contributed by atoms with Crippen LogP contribution in [0, 0.1) is 11.3 Å². The Hall–Kier alpha value is -1.85. The van der Waals surface area contributed by atoms with Gasteiger partial charge in [-0.05, 0) is 17.1 Å². The second kappa shape index (κ2) is 7.15. The second-order valence-corrected chi connectivity index (χ2v) is 5.70. The minimum absolute atomic E-state index is 0.105. The molecule has 1 unspecified atom stereocenters. The average Bonchev–Trinajstić information content (AvgIpc) is 2.80. The van der Waals surface area contributed by atoms with Crippen LogP contribution in [0.1, 0.15) is 18.1 Å². The van der Waals surface area contributed by atoms with Gasteiger partial charge in [-0.3, -0.25) is 0 Å². The molecule has 0 saturated heterocycles. The molecule has 1 aliphatic rings. The van der Waals surface area contributed by atoms with Crippen molar-refractivity contribution in [2.45, 2.75) is 12.3 Å². The lowest BCUT2D eigenvalue weighted by Crippen LogP contribution is -2.37. The van der Waals surface area contributed by atoms with Crippen LogP contribution in [0.5, 0.6) is 0 Å². The number of anilines is 1. The van der Waals surface area contributed by atoms with Gasteiger partial charge in [-0.25, -0.2) is 0 Å². The van der Waals surface area contributed by atoms with E-state index in [1.54, 1.807) is 10.9 Å². The first-order valence-electron chi connectivity index (χ1n) is 7.15. The summed E-state index contributed by atoms with van der Waals surface area (Å²) in [4.78, 5) is 12.6. The summed E-state index contributed by atoms with van der Waals surface area (Å²) in [5, 5.41) is 37.1. The van der Waals surface area contributed by atoms with Gasteiger partial charge in [0.05, 0.1) is 25.4 Å². The van der Waals surface area contributed by atoms with E-state index in [-0.39, 0.29) is 30.8 Å².